The normalized spacial score (nSPS) is 11.3. The lowest BCUT2D eigenvalue weighted by Crippen LogP contribution is -2.28. The Balaban J connectivity index is 2.82. The van der Waals surface area contributed by atoms with Crippen molar-refractivity contribution in [3.05, 3.63) is 21.6 Å². The number of anilines is 1. The lowest BCUT2D eigenvalue weighted by molar-refractivity contribution is -0.0914. The molecule has 0 saturated heterocycles. The monoisotopic (exact) mass is 289 g/mol. The van der Waals surface area contributed by atoms with E-state index >= 15 is 0 Å². The van der Waals surface area contributed by atoms with E-state index in [0.29, 0.717) is 24.7 Å². The van der Waals surface area contributed by atoms with Crippen molar-refractivity contribution in [2.75, 3.05) is 26.1 Å². The summed E-state index contributed by atoms with van der Waals surface area (Å²) in [5, 5.41) is 7.19. The average Bonchev–Trinajstić information content (AvgIpc) is 2.38. The summed E-state index contributed by atoms with van der Waals surface area (Å²) < 4.78 is 11.4. The molecule has 0 unspecified atom stereocenters. The van der Waals surface area contributed by atoms with Gasteiger partial charge in [-0.1, -0.05) is 25.4 Å². The van der Waals surface area contributed by atoms with E-state index < -0.39 is 6.29 Å². The molecule has 0 aliphatic carbocycles. The predicted octanol–water partition coefficient (Wildman–Crippen LogP) is 1.58. The molecule has 0 saturated carbocycles. The minimum absolute atomic E-state index is 0.126. The van der Waals surface area contributed by atoms with E-state index in [4.69, 9.17) is 21.1 Å². The molecular weight excluding hydrogens is 270 g/mol. The number of hydrogen-bond donors (Lipinski definition) is 1. The highest BCUT2D eigenvalue weighted by atomic mass is 35.5. The number of halogens is 1. The second kappa shape index (κ2) is 7.47. The van der Waals surface area contributed by atoms with Gasteiger partial charge in [0.1, 0.15) is 5.02 Å². The fraction of sp³-hybridized carbons (Fsp3) is 0.667. The van der Waals surface area contributed by atoms with E-state index in [9.17, 15) is 4.79 Å². The van der Waals surface area contributed by atoms with Gasteiger partial charge in [-0.15, -0.1) is 0 Å². The fourth-order valence-corrected chi connectivity index (χ4v) is 1.73. The molecule has 0 aliphatic rings. The predicted molar refractivity (Wildman–Crippen MR) is 74.6 cm³/mol. The second-order valence-electron chi connectivity index (χ2n) is 4.54. The fourth-order valence-electron chi connectivity index (χ4n) is 1.52. The van der Waals surface area contributed by atoms with Crippen LogP contribution in [0.1, 0.15) is 13.8 Å². The van der Waals surface area contributed by atoms with Gasteiger partial charge in [-0.3, -0.25) is 4.79 Å². The van der Waals surface area contributed by atoms with Gasteiger partial charge in [0.05, 0.1) is 18.4 Å². The first-order valence-corrected chi connectivity index (χ1v) is 6.42. The summed E-state index contributed by atoms with van der Waals surface area (Å²) in [6, 6.07) is 0. The second-order valence-corrected chi connectivity index (χ2v) is 4.91. The van der Waals surface area contributed by atoms with Crippen LogP contribution in [-0.2, 0) is 16.0 Å². The van der Waals surface area contributed by atoms with Crippen molar-refractivity contribution in [1.29, 1.82) is 0 Å². The van der Waals surface area contributed by atoms with Crippen molar-refractivity contribution in [1.82, 2.24) is 9.78 Å². The molecule has 1 N–H and O–H groups in total. The maximum Gasteiger partial charge on any atom is 0.287 e. The van der Waals surface area contributed by atoms with Gasteiger partial charge < -0.3 is 14.8 Å². The Kier molecular flexibility index (Phi) is 6.27. The summed E-state index contributed by atoms with van der Waals surface area (Å²) in [5.41, 5.74) is 0.178. The molecule has 1 aromatic rings. The molecule has 1 heterocycles. The molecule has 0 radical (unpaired) electrons. The van der Waals surface area contributed by atoms with Gasteiger partial charge in [-0.25, -0.2) is 4.68 Å². The Morgan fingerprint density at radius 2 is 2.05 bits per heavy atom. The van der Waals surface area contributed by atoms with E-state index in [0.717, 1.165) is 0 Å². The van der Waals surface area contributed by atoms with E-state index in [1.54, 1.807) is 0 Å². The number of aromatic nitrogens is 2. The lowest BCUT2D eigenvalue weighted by Gasteiger charge is -2.16. The maximum atomic E-state index is 12.0. The smallest absolute Gasteiger partial charge is 0.287 e. The molecule has 19 heavy (non-hydrogen) atoms. The first-order valence-electron chi connectivity index (χ1n) is 6.04. The largest absolute Gasteiger partial charge is 0.377 e. The molecule has 0 spiro atoms. The molecular formula is C12H20ClN3O3. The summed E-state index contributed by atoms with van der Waals surface area (Å²) in [6.07, 6.45) is 1.13. The summed E-state index contributed by atoms with van der Waals surface area (Å²) in [4.78, 5) is 12.0. The van der Waals surface area contributed by atoms with Gasteiger partial charge in [-0.05, 0) is 5.92 Å². The standard InChI is InChI=1S/C12H20ClN3O3/c1-8(2)7-16-12(17)11(13)9(5-15-16)14-6-10(18-3)19-4/h5,8,10,14H,6-7H2,1-4H3. The molecule has 108 valence electrons. The Bertz CT molecular complexity index is 458. The van der Waals surface area contributed by atoms with Crippen LogP contribution in [0.4, 0.5) is 5.69 Å². The van der Waals surface area contributed by atoms with E-state index in [1.165, 1.54) is 25.1 Å². The van der Waals surface area contributed by atoms with Crippen molar-refractivity contribution >= 4 is 17.3 Å². The zero-order valence-corrected chi connectivity index (χ0v) is 12.4. The van der Waals surface area contributed by atoms with Gasteiger partial charge in [0.25, 0.3) is 5.56 Å². The van der Waals surface area contributed by atoms with Crippen LogP contribution in [0.2, 0.25) is 5.02 Å². The number of nitrogens with zero attached hydrogens (tertiary/aromatic N) is 2. The molecule has 0 aliphatic heterocycles. The average molecular weight is 290 g/mol. The van der Waals surface area contributed by atoms with Crippen LogP contribution in [0, 0.1) is 5.92 Å². The Morgan fingerprint density at radius 1 is 1.42 bits per heavy atom. The van der Waals surface area contributed by atoms with Crippen molar-refractivity contribution < 1.29 is 9.47 Å². The van der Waals surface area contributed by atoms with Crippen molar-refractivity contribution in [3.63, 3.8) is 0 Å². The highest BCUT2D eigenvalue weighted by Gasteiger charge is 2.12. The summed E-state index contributed by atoms with van der Waals surface area (Å²) in [5.74, 6) is 0.325. The number of ether oxygens (including phenoxy) is 2. The minimum atomic E-state index is -0.408. The lowest BCUT2D eigenvalue weighted by atomic mass is 10.2. The van der Waals surface area contributed by atoms with E-state index in [2.05, 4.69) is 10.4 Å². The molecule has 1 aromatic heterocycles. The third kappa shape index (κ3) is 4.49. The van der Waals surface area contributed by atoms with Gasteiger partial charge in [0.15, 0.2) is 6.29 Å². The van der Waals surface area contributed by atoms with E-state index in [1.807, 2.05) is 13.8 Å². The van der Waals surface area contributed by atoms with Gasteiger partial charge >= 0.3 is 0 Å². The molecule has 0 aromatic carbocycles. The third-order valence-corrected chi connectivity index (χ3v) is 2.87. The molecule has 7 heteroatoms. The zero-order chi connectivity index (χ0) is 14.4. The first kappa shape index (κ1) is 15.9. The van der Waals surface area contributed by atoms with E-state index in [-0.39, 0.29) is 10.6 Å². The van der Waals surface area contributed by atoms with Crippen LogP contribution in [0.15, 0.2) is 11.0 Å². The SMILES string of the molecule is COC(CNc1cnn(CC(C)C)c(=O)c1Cl)OC. The number of nitrogens with one attached hydrogen (secondary N) is 1. The zero-order valence-electron chi connectivity index (χ0n) is 11.6. The van der Waals surface area contributed by atoms with Crippen LogP contribution >= 0.6 is 11.6 Å². The van der Waals surface area contributed by atoms with Crippen molar-refractivity contribution in [2.24, 2.45) is 5.92 Å². The topological polar surface area (TPSA) is 65.4 Å². The van der Waals surface area contributed by atoms with Crippen LogP contribution in [0.25, 0.3) is 0 Å². The number of hydrogen-bond acceptors (Lipinski definition) is 5. The Hall–Kier alpha value is -1.11. The summed E-state index contributed by atoms with van der Waals surface area (Å²) in [7, 11) is 3.08. The maximum absolute atomic E-state index is 12.0. The molecule has 0 atom stereocenters. The summed E-state index contributed by atoms with van der Waals surface area (Å²) in [6.45, 7) is 4.94. The summed E-state index contributed by atoms with van der Waals surface area (Å²) >= 11 is 6.03. The van der Waals surface area contributed by atoms with Crippen LogP contribution in [0.3, 0.4) is 0 Å². The molecule has 0 fully saturated rings. The molecule has 1 rings (SSSR count). The quantitative estimate of drug-likeness (QED) is 0.772. The van der Waals surface area contributed by atoms with Gasteiger partial charge in [0.2, 0.25) is 0 Å². The molecule has 6 nitrogen and oxygen atoms in total. The van der Waals surface area contributed by atoms with Gasteiger partial charge in [0, 0.05) is 20.8 Å². The van der Waals surface area contributed by atoms with Crippen LogP contribution < -0.4 is 10.9 Å². The minimum Gasteiger partial charge on any atom is -0.377 e. The molecule has 0 amide bonds. The number of methoxy groups -OCH3 is 2. The van der Waals surface area contributed by atoms with Crippen molar-refractivity contribution in [3.8, 4) is 0 Å². The van der Waals surface area contributed by atoms with Crippen molar-refractivity contribution in [2.45, 2.75) is 26.7 Å². The Morgan fingerprint density at radius 3 is 2.58 bits per heavy atom. The van der Waals surface area contributed by atoms with Gasteiger partial charge in [-0.2, -0.15) is 5.10 Å². The van der Waals surface area contributed by atoms with Crippen LogP contribution in [-0.4, -0.2) is 36.8 Å². The Labute approximate surface area is 117 Å². The third-order valence-electron chi connectivity index (χ3n) is 2.51. The highest BCUT2D eigenvalue weighted by molar-refractivity contribution is 6.32. The number of rotatable bonds is 7. The highest BCUT2D eigenvalue weighted by Crippen LogP contribution is 2.15. The first-order chi connectivity index (χ1) is 8.99. The van der Waals surface area contributed by atoms with Crippen LogP contribution in [0.5, 0.6) is 0 Å². The molecule has 0 bridgehead atoms.